The van der Waals surface area contributed by atoms with Crippen molar-refractivity contribution in [2.45, 2.75) is 62.1 Å². The SMILES string of the molecule is C=CCN(C(=O)NCc1ccc(C(F)(F)F)cc1)C1CC2CCC(C1)N2C[C@H]1CN(C(=O)c2ccc[nH]2)C[C@]1(O)C1C=CC=C(F)C=C1. The fourth-order valence-electron chi connectivity index (χ4n) is 7.90. The molecule has 2 aromatic rings. The molecular weight excluding hydrogens is 626 g/mol. The number of halogens is 4. The van der Waals surface area contributed by atoms with Gasteiger partial charge in [-0.1, -0.05) is 36.4 Å². The molecule has 12 heteroatoms. The van der Waals surface area contributed by atoms with Crippen LogP contribution >= 0.6 is 0 Å². The van der Waals surface area contributed by atoms with Crippen LogP contribution in [0.1, 0.15) is 47.3 Å². The van der Waals surface area contributed by atoms with E-state index in [-0.39, 0.29) is 49.1 Å². The van der Waals surface area contributed by atoms with Crippen LogP contribution in [0.2, 0.25) is 0 Å². The van der Waals surface area contributed by atoms with E-state index in [0.29, 0.717) is 43.7 Å². The summed E-state index contributed by atoms with van der Waals surface area (Å²) >= 11 is 0. The van der Waals surface area contributed by atoms with Gasteiger partial charge in [0.15, 0.2) is 0 Å². The molecule has 6 rings (SSSR count). The minimum Gasteiger partial charge on any atom is -0.387 e. The van der Waals surface area contributed by atoms with Gasteiger partial charge in [-0.05, 0) is 67.7 Å². The molecule has 8 nitrogen and oxygen atoms in total. The number of carbonyl (C=O) groups excluding carboxylic acids is 2. The van der Waals surface area contributed by atoms with E-state index in [9.17, 15) is 32.3 Å². The van der Waals surface area contributed by atoms with Gasteiger partial charge in [0.25, 0.3) is 5.91 Å². The first-order chi connectivity index (χ1) is 23.0. The second kappa shape index (κ2) is 13.8. The molecule has 5 atom stereocenters. The summed E-state index contributed by atoms with van der Waals surface area (Å²) in [6, 6.07) is 8.14. The van der Waals surface area contributed by atoms with E-state index >= 15 is 0 Å². The third-order valence-electron chi connectivity index (χ3n) is 10.4. The summed E-state index contributed by atoms with van der Waals surface area (Å²) in [5, 5.41) is 15.2. The lowest BCUT2D eigenvalue weighted by Crippen LogP contribution is -2.56. The largest absolute Gasteiger partial charge is 0.416 e. The first-order valence-electron chi connectivity index (χ1n) is 16.4. The highest BCUT2D eigenvalue weighted by Crippen LogP contribution is 2.43. The molecule has 2 bridgehead atoms. The van der Waals surface area contributed by atoms with Crippen molar-refractivity contribution in [3.63, 3.8) is 0 Å². The standard InChI is InChI=1S/C36H41F4N5O3/c1-2-17-44(34(47)42-20-24-8-10-26(11-9-24)36(38,39)40)31-18-29-14-15-30(19-31)45(29)22-27-21-43(33(46)32-7-4-16-41-32)23-35(27,48)25-5-3-6-28(37)13-12-25/h2-13,16,25,27,29-31,41,48H,1,14-15,17-23H2,(H,42,47)/t25?,27-,29?,30?,31?,35+/m1/s1. The zero-order chi connectivity index (χ0) is 34.1. The van der Waals surface area contributed by atoms with Crippen LogP contribution in [0.15, 0.2) is 91.5 Å². The number of aliphatic hydroxyl groups is 1. The molecule has 3 unspecified atom stereocenters. The van der Waals surface area contributed by atoms with Gasteiger partial charge in [0.2, 0.25) is 0 Å². The van der Waals surface area contributed by atoms with E-state index in [4.69, 9.17) is 0 Å². The first-order valence-corrected chi connectivity index (χ1v) is 16.4. The molecule has 3 aliphatic heterocycles. The van der Waals surface area contributed by atoms with Gasteiger partial charge in [-0.3, -0.25) is 9.69 Å². The molecule has 4 heterocycles. The van der Waals surface area contributed by atoms with Gasteiger partial charge < -0.3 is 25.2 Å². The Morgan fingerprint density at radius 1 is 1.12 bits per heavy atom. The van der Waals surface area contributed by atoms with E-state index in [0.717, 1.165) is 25.0 Å². The number of H-pyrrole nitrogens is 1. The molecule has 0 radical (unpaired) electrons. The lowest BCUT2D eigenvalue weighted by atomic mass is 9.78. The maximum atomic E-state index is 14.1. The summed E-state index contributed by atoms with van der Waals surface area (Å²) in [7, 11) is 0. The van der Waals surface area contributed by atoms with Crippen molar-refractivity contribution >= 4 is 11.9 Å². The number of likely N-dealkylation sites (tertiary alicyclic amines) is 1. The van der Waals surface area contributed by atoms with Crippen molar-refractivity contribution in [3.05, 3.63) is 108 Å². The Morgan fingerprint density at radius 3 is 2.50 bits per heavy atom. The van der Waals surface area contributed by atoms with Crippen LogP contribution in [0, 0.1) is 11.8 Å². The van der Waals surface area contributed by atoms with Gasteiger partial charge in [0.1, 0.15) is 11.5 Å². The fraction of sp³-hybridized carbons (Fsp3) is 0.444. The molecular formula is C36H41F4N5O3. The van der Waals surface area contributed by atoms with Crippen molar-refractivity contribution < 1.29 is 32.3 Å². The molecule has 1 aliphatic carbocycles. The number of carbonyl (C=O) groups is 2. The van der Waals surface area contributed by atoms with Crippen LogP contribution in [-0.4, -0.2) is 86.6 Å². The monoisotopic (exact) mass is 667 g/mol. The van der Waals surface area contributed by atoms with Crippen LogP contribution < -0.4 is 5.32 Å². The second-order valence-electron chi connectivity index (χ2n) is 13.3. The molecule has 3 fully saturated rings. The predicted molar refractivity (Wildman–Crippen MR) is 173 cm³/mol. The Balaban J connectivity index is 1.14. The molecule has 3 N–H and O–H groups in total. The second-order valence-corrected chi connectivity index (χ2v) is 13.3. The molecule has 256 valence electrons. The van der Waals surface area contributed by atoms with E-state index < -0.39 is 29.1 Å². The zero-order valence-electron chi connectivity index (χ0n) is 26.6. The molecule has 3 amide bonds. The number of urea groups is 1. The molecule has 4 aliphatic rings. The number of rotatable bonds is 9. The number of fused-ring (bicyclic) bond motifs is 2. The van der Waals surface area contributed by atoms with E-state index in [2.05, 4.69) is 21.8 Å². The molecule has 0 saturated carbocycles. The van der Waals surface area contributed by atoms with E-state index in [1.54, 1.807) is 52.4 Å². The predicted octanol–water partition coefficient (Wildman–Crippen LogP) is 5.83. The smallest absolute Gasteiger partial charge is 0.387 e. The summed E-state index contributed by atoms with van der Waals surface area (Å²) in [6.07, 6.45) is 10.0. The molecule has 48 heavy (non-hydrogen) atoms. The average molecular weight is 668 g/mol. The molecule has 0 spiro atoms. The number of β-amino-alcohol motifs (C(OH)–C–C–N with tert-alkyl or cyclic N) is 1. The number of benzene rings is 1. The number of alkyl halides is 3. The van der Waals surface area contributed by atoms with Crippen LogP contribution in [-0.2, 0) is 12.7 Å². The Hall–Kier alpha value is -4.16. The number of piperidine rings is 1. The van der Waals surface area contributed by atoms with Gasteiger partial charge in [0, 0.05) is 62.3 Å². The number of nitrogens with zero attached hydrogens (tertiary/aromatic N) is 3. The van der Waals surface area contributed by atoms with E-state index in [1.165, 1.54) is 24.3 Å². The highest BCUT2D eigenvalue weighted by Gasteiger charge is 2.53. The summed E-state index contributed by atoms with van der Waals surface area (Å²) in [5.74, 6) is -1.41. The molecule has 1 aromatic heterocycles. The Kier molecular flexibility index (Phi) is 9.67. The quantitative estimate of drug-likeness (QED) is 0.232. The third kappa shape index (κ3) is 7.00. The Bertz CT molecular complexity index is 1560. The zero-order valence-corrected chi connectivity index (χ0v) is 26.6. The number of hydrogen-bond donors (Lipinski definition) is 3. The lowest BCUT2D eigenvalue weighted by molar-refractivity contribution is -0.137. The van der Waals surface area contributed by atoms with Crippen molar-refractivity contribution in [1.29, 1.82) is 0 Å². The number of allylic oxidation sites excluding steroid dienone is 4. The van der Waals surface area contributed by atoms with Gasteiger partial charge >= 0.3 is 12.2 Å². The van der Waals surface area contributed by atoms with Crippen molar-refractivity contribution in [3.8, 4) is 0 Å². The third-order valence-corrected chi connectivity index (χ3v) is 10.4. The summed E-state index contributed by atoms with van der Waals surface area (Å²) in [4.78, 5) is 35.6. The molecule has 3 saturated heterocycles. The van der Waals surface area contributed by atoms with E-state index in [1.807, 2.05) is 0 Å². The number of aromatic amines is 1. The summed E-state index contributed by atoms with van der Waals surface area (Å²) in [6.45, 7) is 5.25. The number of nitrogens with one attached hydrogen (secondary N) is 2. The van der Waals surface area contributed by atoms with Crippen LogP contribution in [0.4, 0.5) is 22.4 Å². The average Bonchev–Trinajstić information content (AvgIpc) is 3.72. The Labute approximate surface area is 277 Å². The summed E-state index contributed by atoms with van der Waals surface area (Å²) < 4.78 is 53.0. The van der Waals surface area contributed by atoms with Gasteiger partial charge in [-0.15, -0.1) is 6.58 Å². The highest BCUT2D eigenvalue weighted by molar-refractivity contribution is 5.92. The minimum absolute atomic E-state index is 0.0699. The summed E-state index contributed by atoms with van der Waals surface area (Å²) in [5.41, 5.74) is -1.05. The highest BCUT2D eigenvalue weighted by atomic mass is 19.4. The number of aromatic nitrogens is 1. The van der Waals surface area contributed by atoms with Gasteiger partial charge in [0.05, 0.1) is 17.7 Å². The van der Waals surface area contributed by atoms with Crippen molar-refractivity contribution in [2.75, 3.05) is 26.2 Å². The normalized spacial score (nSPS) is 28.6. The maximum absolute atomic E-state index is 14.1. The first kappa shape index (κ1) is 33.7. The van der Waals surface area contributed by atoms with Gasteiger partial charge in [-0.25, -0.2) is 9.18 Å². The fourth-order valence-corrected chi connectivity index (χ4v) is 7.90. The minimum atomic E-state index is -4.42. The number of hydrogen-bond acceptors (Lipinski definition) is 4. The van der Waals surface area contributed by atoms with Crippen LogP contribution in [0.25, 0.3) is 0 Å². The van der Waals surface area contributed by atoms with Crippen LogP contribution in [0.3, 0.4) is 0 Å². The molecule has 1 aromatic carbocycles. The van der Waals surface area contributed by atoms with Crippen LogP contribution in [0.5, 0.6) is 0 Å². The topological polar surface area (TPSA) is 91.9 Å². The van der Waals surface area contributed by atoms with Crippen molar-refractivity contribution in [1.82, 2.24) is 25.0 Å². The van der Waals surface area contributed by atoms with Gasteiger partial charge in [-0.2, -0.15) is 13.2 Å². The maximum Gasteiger partial charge on any atom is 0.416 e. The Morgan fingerprint density at radius 2 is 1.85 bits per heavy atom. The number of amides is 3. The lowest BCUT2D eigenvalue weighted by Gasteiger charge is -2.45. The van der Waals surface area contributed by atoms with Crippen molar-refractivity contribution in [2.24, 2.45) is 11.8 Å².